The smallest absolute Gasteiger partial charge is 0.202 e. The molecule has 2 rings (SSSR count). The highest BCUT2D eigenvalue weighted by Gasteiger charge is 2.23. The zero-order chi connectivity index (χ0) is 9.31. The van der Waals surface area contributed by atoms with Gasteiger partial charge in [-0.2, -0.15) is 0 Å². The summed E-state index contributed by atoms with van der Waals surface area (Å²) in [6.45, 7) is 0. The third-order valence-electron chi connectivity index (χ3n) is 2.16. The first kappa shape index (κ1) is 8.51. The van der Waals surface area contributed by atoms with Crippen LogP contribution in [0, 0.1) is 0 Å². The van der Waals surface area contributed by atoms with Crippen LogP contribution >= 0.6 is 0 Å². The fraction of sp³-hybridized carbons (Fsp3) is 0.200. The Hall–Kier alpha value is -1.09. The normalized spacial score (nSPS) is 16.2. The number of rotatable bonds is 2. The maximum atomic E-state index is 11.7. The van der Waals surface area contributed by atoms with Crippen LogP contribution in [0.4, 0.5) is 0 Å². The van der Waals surface area contributed by atoms with Crippen molar-refractivity contribution in [1.29, 1.82) is 0 Å². The Morgan fingerprint density at radius 1 is 1.08 bits per heavy atom. The van der Waals surface area contributed by atoms with E-state index >= 15 is 0 Å². The summed E-state index contributed by atoms with van der Waals surface area (Å²) in [6.07, 6.45) is 3.36. The molecular weight excluding hydrogens is 184 g/mol. The Labute approximate surface area is 77.8 Å². The molecule has 0 fully saturated rings. The Morgan fingerprint density at radius 3 is 2.15 bits per heavy atom. The van der Waals surface area contributed by atoms with E-state index in [1.54, 1.807) is 30.3 Å². The largest absolute Gasteiger partial charge is 0.219 e. The number of benzene rings is 1. The molecule has 1 aliphatic rings. The molecule has 1 aromatic rings. The zero-order valence-electron chi connectivity index (χ0n) is 7.10. The lowest BCUT2D eigenvalue weighted by Crippen LogP contribution is -2.09. The Bertz CT molecular complexity index is 429. The van der Waals surface area contributed by atoms with Crippen LogP contribution in [0.25, 0.3) is 0 Å². The second kappa shape index (κ2) is 3.00. The molecule has 1 aliphatic carbocycles. The lowest BCUT2D eigenvalue weighted by molar-refractivity contribution is 0.597. The molecule has 0 radical (unpaired) electrons. The molecule has 0 saturated heterocycles. The van der Waals surface area contributed by atoms with Gasteiger partial charge in [0.25, 0.3) is 0 Å². The van der Waals surface area contributed by atoms with Crippen molar-refractivity contribution in [3.63, 3.8) is 0 Å². The van der Waals surface area contributed by atoms with Gasteiger partial charge in [-0.15, -0.1) is 0 Å². The van der Waals surface area contributed by atoms with Crippen molar-refractivity contribution in [2.24, 2.45) is 0 Å². The van der Waals surface area contributed by atoms with Gasteiger partial charge in [0.05, 0.1) is 4.90 Å². The summed E-state index contributed by atoms with van der Waals surface area (Å²) in [5.41, 5.74) is 0. The number of allylic oxidation sites excluding steroid dienone is 2. The first-order chi connectivity index (χ1) is 6.21. The van der Waals surface area contributed by atoms with E-state index in [0.717, 1.165) is 6.42 Å². The van der Waals surface area contributed by atoms with Gasteiger partial charge in [-0.05, 0) is 25.0 Å². The van der Waals surface area contributed by atoms with Gasteiger partial charge in [0.2, 0.25) is 9.84 Å². The topological polar surface area (TPSA) is 34.1 Å². The van der Waals surface area contributed by atoms with Crippen LogP contribution in [-0.2, 0) is 9.84 Å². The summed E-state index contributed by atoms with van der Waals surface area (Å²) in [6, 6.07) is 8.56. The zero-order valence-corrected chi connectivity index (χ0v) is 7.92. The van der Waals surface area contributed by atoms with Crippen LogP contribution < -0.4 is 0 Å². The molecule has 3 heteroatoms. The summed E-state index contributed by atoms with van der Waals surface area (Å²) < 4.78 is 23.5. The lowest BCUT2D eigenvalue weighted by atomic mass is 10.1. The third-order valence-corrected chi connectivity index (χ3v) is 4.12. The van der Waals surface area contributed by atoms with Gasteiger partial charge >= 0.3 is 0 Å². The van der Waals surface area contributed by atoms with E-state index in [4.69, 9.17) is 0 Å². The quantitative estimate of drug-likeness (QED) is 0.722. The molecule has 0 spiro atoms. The second-order valence-corrected chi connectivity index (χ2v) is 5.03. The second-order valence-electron chi connectivity index (χ2n) is 3.03. The third kappa shape index (κ3) is 1.40. The van der Waals surface area contributed by atoms with Crippen LogP contribution in [0.1, 0.15) is 12.8 Å². The van der Waals surface area contributed by atoms with Gasteiger partial charge in [-0.25, -0.2) is 8.42 Å². The highest BCUT2D eigenvalue weighted by atomic mass is 32.2. The minimum Gasteiger partial charge on any atom is -0.219 e. The van der Waals surface area contributed by atoms with E-state index in [1.165, 1.54) is 0 Å². The summed E-state index contributed by atoms with van der Waals surface area (Å²) in [4.78, 5) is 0.972. The molecule has 0 N–H and O–H groups in total. The molecule has 0 atom stereocenters. The Morgan fingerprint density at radius 2 is 1.69 bits per heavy atom. The highest BCUT2D eigenvalue weighted by molar-refractivity contribution is 7.95. The predicted octanol–water partition coefficient (Wildman–Crippen LogP) is 2.14. The monoisotopic (exact) mass is 194 g/mol. The maximum Gasteiger partial charge on any atom is 0.202 e. The van der Waals surface area contributed by atoms with Gasteiger partial charge in [0.1, 0.15) is 0 Å². The number of sulfone groups is 1. The minimum atomic E-state index is -3.14. The summed E-state index contributed by atoms with van der Waals surface area (Å²) >= 11 is 0. The first-order valence-corrected chi connectivity index (χ1v) is 5.69. The van der Waals surface area contributed by atoms with Crippen molar-refractivity contribution >= 4 is 9.84 Å². The van der Waals surface area contributed by atoms with Crippen molar-refractivity contribution in [3.8, 4) is 0 Å². The fourth-order valence-electron chi connectivity index (χ4n) is 1.26. The first-order valence-electron chi connectivity index (χ1n) is 4.20. The molecule has 0 aromatic heterocycles. The molecule has 0 aliphatic heterocycles. The highest BCUT2D eigenvalue weighted by Crippen LogP contribution is 2.29. The van der Waals surface area contributed by atoms with E-state index < -0.39 is 9.84 Å². The molecule has 0 amide bonds. The molecule has 1 aromatic carbocycles. The van der Waals surface area contributed by atoms with E-state index in [2.05, 4.69) is 0 Å². The Balaban J connectivity index is 2.47. The molecule has 0 unspecified atom stereocenters. The molecule has 0 heterocycles. The van der Waals surface area contributed by atoms with Crippen molar-refractivity contribution in [1.82, 2.24) is 0 Å². The molecular formula is C10H10O2S. The van der Waals surface area contributed by atoms with Gasteiger partial charge in [-0.1, -0.05) is 24.3 Å². The van der Waals surface area contributed by atoms with Crippen LogP contribution in [0.15, 0.2) is 46.2 Å². The van der Waals surface area contributed by atoms with Crippen molar-refractivity contribution < 1.29 is 8.42 Å². The standard InChI is InChI=1S/C10H10O2S/c11-13(12,10-7-4-8-10)9-5-2-1-3-6-9/h1-3,5-7H,4,8H2. The SMILES string of the molecule is O=S(=O)(C1=CCC1)c1ccccc1. The molecule has 0 saturated carbocycles. The molecule has 0 bridgehead atoms. The van der Waals surface area contributed by atoms with Crippen molar-refractivity contribution in [3.05, 3.63) is 41.3 Å². The molecule has 2 nitrogen and oxygen atoms in total. The maximum absolute atomic E-state index is 11.7. The molecule has 68 valence electrons. The minimum absolute atomic E-state index is 0.404. The fourth-order valence-corrected chi connectivity index (χ4v) is 2.80. The lowest BCUT2D eigenvalue weighted by Gasteiger charge is -2.14. The van der Waals surface area contributed by atoms with Crippen LogP contribution in [0.2, 0.25) is 0 Å². The van der Waals surface area contributed by atoms with Gasteiger partial charge in [0, 0.05) is 4.91 Å². The van der Waals surface area contributed by atoms with Crippen molar-refractivity contribution in [2.75, 3.05) is 0 Å². The van der Waals surface area contributed by atoms with E-state index in [0.29, 0.717) is 16.2 Å². The van der Waals surface area contributed by atoms with Crippen LogP contribution in [-0.4, -0.2) is 8.42 Å². The number of hydrogen-bond donors (Lipinski definition) is 0. The van der Waals surface area contributed by atoms with Crippen molar-refractivity contribution in [2.45, 2.75) is 17.7 Å². The van der Waals surface area contributed by atoms with Crippen LogP contribution in [0.3, 0.4) is 0 Å². The van der Waals surface area contributed by atoms with E-state index in [1.807, 2.05) is 6.07 Å². The van der Waals surface area contributed by atoms with Crippen LogP contribution in [0.5, 0.6) is 0 Å². The Kier molecular flexibility index (Phi) is 1.96. The number of hydrogen-bond acceptors (Lipinski definition) is 2. The average Bonchev–Trinajstić information content (AvgIpc) is 2.02. The van der Waals surface area contributed by atoms with Gasteiger partial charge < -0.3 is 0 Å². The van der Waals surface area contributed by atoms with Gasteiger partial charge in [0.15, 0.2) is 0 Å². The van der Waals surface area contributed by atoms with E-state index in [-0.39, 0.29) is 0 Å². The summed E-state index contributed by atoms with van der Waals surface area (Å²) in [7, 11) is -3.14. The summed E-state index contributed by atoms with van der Waals surface area (Å²) in [5, 5.41) is 0. The van der Waals surface area contributed by atoms with E-state index in [9.17, 15) is 8.42 Å². The summed E-state index contributed by atoms with van der Waals surface area (Å²) in [5.74, 6) is 0. The predicted molar refractivity (Wildman–Crippen MR) is 50.9 cm³/mol. The average molecular weight is 194 g/mol. The van der Waals surface area contributed by atoms with Gasteiger partial charge in [-0.3, -0.25) is 0 Å². The molecule has 13 heavy (non-hydrogen) atoms.